The largest absolute Gasteiger partial charge is 0.294 e. The number of hydrogen-bond acceptors (Lipinski definition) is 3. The smallest absolute Gasteiger partial charge is 0.270 e. The van der Waals surface area contributed by atoms with Crippen LogP contribution in [0.4, 0.5) is 5.69 Å². The maximum absolute atomic E-state index is 11.2. The lowest BCUT2D eigenvalue weighted by molar-refractivity contribution is -0.384. The van der Waals surface area contributed by atoms with Crippen molar-refractivity contribution in [1.29, 1.82) is 0 Å². The van der Waals surface area contributed by atoms with E-state index in [1.165, 1.54) is 25.5 Å². The van der Waals surface area contributed by atoms with E-state index in [-0.39, 0.29) is 11.5 Å². The summed E-state index contributed by atoms with van der Waals surface area (Å²) in [7, 11) is 0. The highest BCUT2D eigenvalue weighted by molar-refractivity contribution is 5.96. The number of nitro benzene ring substituents is 1. The summed E-state index contributed by atoms with van der Waals surface area (Å²) >= 11 is 0. The molecule has 4 heteroatoms. The summed E-state index contributed by atoms with van der Waals surface area (Å²) < 4.78 is 0. The standard InChI is InChI=1S/C10H11NO3.C3H8.C2H6/c1-3-8-4-5-9(11(13)14)6-10(8)7(2)12;1-3-2;1-2/h4-6H,3H2,1-2H3;3H2,1-2H3;1-2H3. The first-order valence-electron chi connectivity index (χ1n) is 6.76. The molecule has 4 nitrogen and oxygen atoms in total. The minimum absolute atomic E-state index is 0.0348. The lowest BCUT2D eigenvalue weighted by Crippen LogP contribution is -2.00. The van der Waals surface area contributed by atoms with E-state index in [0.29, 0.717) is 12.0 Å². The topological polar surface area (TPSA) is 60.2 Å². The minimum atomic E-state index is -0.494. The van der Waals surface area contributed by atoms with Crippen LogP contribution in [0.15, 0.2) is 18.2 Å². The first kappa shape index (κ1) is 19.6. The summed E-state index contributed by atoms with van der Waals surface area (Å²) in [5.41, 5.74) is 1.26. The fraction of sp³-hybridized carbons (Fsp3) is 0.533. The normalized spacial score (nSPS) is 8.53. The van der Waals surface area contributed by atoms with Gasteiger partial charge in [-0.05, 0) is 18.9 Å². The average molecular weight is 267 g/mol. The van der Waals surface area contributed by atoms with Crippen molar-refractivity contribution >= 4 is 11.5 Å². The summed E-state index contributed by atoms with van der Waals surface area (Å²) in [6.45, 7) is 11.6. The van der Waals surface area contributed by atoms with Crippen LogP contribution in [-0.4, -0.2) is 10.7 Å². The van der Waals surface area contributed by atoms with Gasteiger partial charge in [0.1, 0.15) is 0 Å². The SMILES string of the molecule is CC.CCC.CCc1ccc([N+](=O)[O-])cc1C(C)=O. The molecule has 0 aromatic heterocycles. The van der Waals surface area contributed by atoms with E-state index in [1.54, 1.807) is 6.07 Å². The Labute approximate surface area is 116 Å². The quantitative estimate of drug-likeness (QED) is 0.449. The van der Waals surface area contributed by atoms with E-state index in [1.807, 2.05) is 20.8 Å². The molecule has 0 aliphatic carbocycles. The number of rotatable bonds is 3. The van der Waals surface area contributed by atoms with Crippen molar-refractivity contribution in [2.45, 2.75) is 54.4 Å². The molecule has 0 aliphatic heterocycles. The molecule has 1 aromatic carbocycles. The number of Topliss-reactive ketones (excluding diaryl/α,β-unsaturated/α-hetero) is 1. The Morgan fingerprint density at radius 1 is 1.21 bits per heavy atom. The number of aryl methyl sites for hydroxylation is 1. The lowest BCUT2D eigenvalue weighted by Gasteiger charge is -2.03. The third-order valence-electron chi connectivity index (χ3n) is 2.06. The van der Waals surface area contributed by atoms with Gasteiger partial charge in [0.05, 0.1) is 4.92 Å². The molecular formula is C15H25NO3. The van der Waals surface area contributed by atoms with Crippen molar-refractivity contribution in [3.63, 3.8) is 0 Å². The molecule has 0 N–H and O–H groups in total. The van der Waals surface area contributed by atoms with E-state index in [4.69, 9.17) is 0 Å². The van der Waals surface area contributed by atoms with Crippen molar-refractivity contribution in [2.75, 3.05) is 0 Å². The number of benzene rings is 1. The first-order chi connectivity index (χ1) is 8.97. The van der Waals surface area contributed by atoms with Gasteiger partial charge in [-0.15, -0.1) is 0 Å². The van der Waals surface area contributed by atoms with Crippen LogP contribution in [0.5, 0.6) is 0 Å². The van der Waals surface area contributed by atoms with Gasteiger partial charge >= 0.3 is 0 Å². The molecule has 0 amide bonds. The summed E-state index contributed by atoms with van der Waals surface area (Å²) in [6, 6.07) is 4.39. The Bertz CT molecular complexity index is 400. The first-order valence-corrected chi connectivity index (χ1v) is 6.76. The highest BCUT2D eigenvalue weighted by atomic mass is 16.6. The van der Waals surface area contributed by atoms with Crippen molar-refractivity contribution in [3.8, 4) is 0 Å². The Balaban J connectivity index is 0. The molecule has 0 saturated carbocycles. The van der Waals surface area contributed by atoms with E-state index in [2.05, 4.69) is 13.8 Å². The van der Waals surface area contributed by atoms with E-state index < -0.39 is 4.92 Å². The molecule has 0 atom stereocenters. The maximum Gasteiger partial charge on any atom is 0.270 e. The van der Waals surface area contributed by atoms with Crippen LogP contribution in [0, 0.1) is 10.1 Å². The molecule has 1 rings (SSSR count). The predicted molar refractivity (Wildman–Crippen MR) is 79.8 cm³/mol. The molecule has 0 aliphatic rings. The number of hydrogen-bond donors (Lipinski definition) is 0. The molecule has 0 bridgehead atoms. The number of nitrogens with zero attached hydrogens (tertiary/aromatic N) is 1. The molecule has 0 heterocycles. The van der Waals surface area contributed by atoms with E-state index in [9.17, 15) is 14.9 Å². The van der Waals surface area contributed by atoms with E-state index in [0.717, 1.165) is 5.56 Å². The third kappa shape index (κ3) is 7.34. The average Bonchev–Trinajstić information content (AvgIpc) is 2.41. The van der Waals surface area contributed by atoms with Crippen molar-refractivity contribution in [1.82, 2.24) is 0 Å². The number of nitro groups is 1. The van der Waals surface area contributed by atoms with Crippen LogP contribution in [-0.2, 0) is 6.42 Å². The molecule has 0 unspecified atom stereocenters. The van der Waals surface area contributed by atoms with Gasteiger partial charge in [-0.3, -0.25) is 14.9 Å². The van der Waals surface area contributed by atoms with Crippen LogP contribution in [0.25, 0.3) is 0 Å². The summed E-state index contributed by atoms with van der Waals surface area (Å²) in [6.07, 6.45) is 1.95. The fourth-order valence-corrected chi connectivity index (χ4v) is 1.31. The summed E-state index contributed by atoms with van der Waals surface area (Å²) in [4.78, 5) is 21.2. The van der Waals surface area contributed by atoms with Crippen molar-refractivity contribution in [2.24, 2.45) is 0 Å². The second-order valence-corrected chi connectivity index (χ2v) is 3.72. The minimum Gasteiger partial charge on any atom is -0.294 e. The van der Waals surface area contributed by atoms with Gasteiger partial charge in [0.25, 0.3) is 5.69 Å². The second kappa shape index (κ2) is 11.4. The molecule has 0 saturated heterocycles. The summed E-state index contributed by atoms with van der Waals surface area (Å²) in [5.74, 6) is -0.134. The third-order valence-corrected chi connectivity index (χ3v) is 2.06. The maximum atomic E-state index is 11.2. The molecule has 108 valence electrons. The van der Waals surface area contributed by atoms with E-state index >= 15 is 0 Å². The highest BCUT2D eigenvalue weighted by Crippen LogP contribution is 2.18. The lowest BCUT2D eigenvalue weighted by atomic mass is 10.0. The number of carbonyl (C=O) groups is 1. The zero-order valence-electron chi connectivity index (χ0n) is 12.8. The van der Waals surface area contributed by atoms with Crippen LogP contribution in [0.3, 0.4) is 0 Å². The Kier molecular flexibility index (Phi) is 11.8. The molecule has 0 fully saturated rings. The van der Waals surface area contributed by atoms with Gasteiger partial charge in [-0.2, -0.15) is 0 Å². The second-order valence-electron chi connectivity index (χ2n) is 3.72. The van der Waals surface area contributed by atoms with Crippen LogP contribution < -0.4 is 0 Å². The van der Waals surface area contributed by atoms with Crippen molar-refractivity contribution < 1.29 is 9.72 Å². The zero-order chi connectivity index (χ0) is 15.4. The Morgan fingerprint density at radius 2 is 1.68 bits per heavy atom. The van der Waals surface area contributed by atoms with Gasteiger partial charge in [0.15, 0.2) is 5.78 Å². The van der Waals surface area contributed by atoms with Gasteiger partial charge in [0, 0.05) is 17.7 Å². The highest BCUT2D eigenvalue weighted by Gasteiger charge is 2.12. The monoisotopic (exact) mass is 267 g/mol. The number of carbonyl (C=O) groups excluding carboxylic acids is 1. The van der Waals surface area contributed by atoms with Crippen LogP contribution in [0.2, 0.25) is 0 Å². The zero-order valence-corrected chi connectivity index (χ0v) is 12.8. The Hall–Kier alpha value is -1.71. The van der Waals surface area contributed by atoms with Crippen LogP contribution >= 0.6 is 0 Å². The molecular weight excluding hydrogens is 242 g/mol. The number of ketones is 1. The fourth-order valence-electron chi connectivity index (χ4n) is 1.31. The number of non-ortho nitro benzene ring substituents is 1. The molecule has 19 heavy (non-hydrogen) atoms. The predicted octanol–water partition coefficient (Wildman–Crippen LogP) is 4.80. The van der Waals surface area contributed by atoms with Gasteiger partial charge < -0.3 is 0 Å². The Morgan fingerprint density at radius 3 is 2.00 bits per heavy atom. The van der Waals surface area contributed by atoms with Crippen molar-refractivity contribution in [3.05, 3.63) is 39.4 Å². The molecule has 0 radical (unpaired) electrons. The van der Waals surface area contributed by atoms with Gasteiger partial charge in [-0.1, -0.05) is 47.1 Å². The molecule has 1 aromatic rings. The van der Waals surface area contributed by atoms with Crippen LogP contribution in [0.1, 0.15) is 63.9 Å². The van der Waals surface area contributed by atoms with Gasteiger partial charge in [-0.25, -0.2) is 0 Å². The van der Waals surface area contributed by atoms with Gasteiger partial charge in [0.2, 0.25) is 0 Å². The summed E-state index contributed by atoms with van der Waals surface area (Å²) in [5, 5.41) is 10.5. The molecule has 0 spiro atoms.